The Bertz CT molecular complexity index is 615. The number of morpholine rings is 1. The molecule has 1 heterocycles. The van der Waals surface area contributed by atoms with Crippen molar-refractivity contribution in [3.63, 3.8) is 0 Å². The van der Waals surface area contributed by atoms with Crippen LogP contribution < -0.4 is 4.72 Å². The average molecular weight is 366 g/mol. The highest BCUT2D eigenvalue weighted by molar-refractivity contribution is 9.10. The number of anilines is 1. The molecule has 20 heavy (non-hydrogen) atoms. The minimum Gasteiger partial charge on any atom is -0.379 e. The molecule has 0 unspecified atom stereocenters. The van der Waals surface area contributed by atoms with Gasteiger partial charge < -0.3 is 4.74 Å². The van der Waals surface area contributed by atoms with Crippen LogP contribution in [0.25, 0.3) is 0 Å². The fourth-order valence-corrected chi connectivity index (χ4v) is 3.29. The molecule has 0 saturated carbocycles. The molecule has 8 nitrogen and oxygen atoms in total. The summed E-state index contributed by atoms with van der Waals surface area (Å²) in [5.41, 5.74) is -0.374. The van der Waals surface area contributed by atoms with Gasteiger partial charge in [-0.05, 0) is 12.1 Å². The lowest BCUT2D eigenvalue weighted by molar-refractivity contribution is -0.384. The lowest BCUT2D eigenvalue weighted by atomic mass is 10.3. The van der Waals surface area contributed by atoms with Gasteiger partial charge in [0.05, 0.1) is 18.1 Å². The molecule has 1 saturated heterocycles. The molecule has 0 bridgehead atoms. The van der Waals surface area contributed by atoms with Crippen LogP contribution >= 0.6 is 15.9 Å². The van der Waals surface area contributed by atoms with E-state index in [-0.39, 0.29) is 24.5 Å². The Labute approximate surface area is 124 Å². The molecule has 0 amide bonds. The van der Waals surface area contributed by atoms with Gasteiger partial charge in [0.1, 0.15) is 5.69 Å². The van der Waals surface area contributed by atoms with Gasteiger partial charge in [0.25, 0.3) is 5.69 Å². The molecule has 1 aromatic rings. The Morgan fingerprint density at radius 2 is 2.00 bits per heavy atom. The van der Waals surface area contributed by atoms with Crippen LogP contribution in [0.4, 0.5) is 11.4 Å². The van der Waals surface area contributed by atoms with Gasteiger partial charge in [-0.15, -0.1) is 0 Å². The Morgan fingerprint density at radius 1 is 1.35 bits per heavy atom. The highest BCUT2D eigenvalue weighted by atomic mass is 79.9. The van der Waals surface area contributed by atoms with Crippen LogP contribution in [0.2, 0.25) is 0 Å². The zero-order chi connectivity index (χ0) is 14.8. The number of ether oxygens (including phenoxy) is 1. The number of halogens is 1. The summed E-state index contributed by atoms with van der Waals surface area (Å²) in [6, 6.07) is 4.13. The van der Waals surface area contributed by atoms with E-state index in [0.717, 1.165) is 0 Å². The first-order valence-corrected chi connectivity index (χ1v) is 7.93. The van der Waals surface area contributed by atoms with Crippen LogP contribution in [0.5, 0.6) is 0 Å². The van der Waals surface area contributed by atoms with E-state index in [1.807, 2.05) is 0 Å². The highest BCUT2D eigenvalue weighted by Gasteiger charge is 2.27. The lowest BCUT2D eigenvalue weighted by Crippen LogP contribution is -2.43. The third-order valence-corrected chi connectivity index (χ3v) is 4.72. The van der Waals surface area contributed by atoms with E-state index in [1.54, 1.807) is 0 Å². The van der Waals surface area contributed by atoms with E-state index >= 15 is 0 Å². The minimum absolute atomic E-state index is 0.0651. The van der Waals surface area contributed by atoms with Crippen LogP contribution in [-0.2, 0) is 14.9 Å². The first-order valence-electron chi connectivity index (χ1n) is 5.70. The van der Waals surface area contributed by atoms with Gasteiger partial charge in [0.15, 0.2) is 0 Å². The highest BCUT2D eigenvalue weighted by Crippen LogP contribution is 2.29. The van der Waals surface area contributed by atoms with Crippen molar-refractivity contribution < 1.29 is 18.1 Å². The van der Waals surface area contributed by atoms with Crippen molar-refractivity contribution in [3.05, 3.63) is 32.8 Å². The number of nitro groups is 1. The molecule has 2 rings (SSSR count). The van der Waals surface area contributed by atoms with Gasteiger partial charge >= 0.3 is 10.2 Å². The van der Waals surface area contributed by atoms with Crippen LogP contribution in [-0.4, -0.2) is 43.9 Å². The maximum absolute atomic E-state index is 12.1. The standard InChI is InChI=1S/C10H12BrN3O5S/c11-8-1-2-9(10(7-8)14(15)16)12-20(17,18)13-3-5-19-6-4-13/h1-2,7,12H,3-6H2. The Morgan fingerprint density at radius 3 is 2.60 bits per heavy atom. The molecule has 1 aliphatic rings. The molecule has 110 valence electrons. The third-order valence-electron chi connectivity index (χ3n) is 2.71. The van der Waals surface area contributed by atoms with Gasteiger partial charge in [0.2, 0.25) is 0 Å². The first kappa shape index (κ1) is 15.2. The molecule has 1 aliphatic heterocycles. The largest absolute Gasteiger partial charge is 0.379 e. The normalized spacial score (nSPS) is 16.9. The van der Waals surface area contributed by atoms with Crippen molar-refractivity contribution in [1.29, 1.82) is 0 Å². The summed E-state index contributed by atoms with van der Waals surface area (Å²) in [5, 5.41) is 11.0. The van der Waals surface area contributed by atoms with Gasteiger partial charge in [-0.3, -0.25) is 14.8 Å². The molecular weight excluding hydrogens is 354 g/mol. The molecule has 0 spiro atoms. The molecule has 0 radical (unpaired) electrons. The summed E-state index contributed by atoms with van der Waals surface area (Å²) < 4.78 is 33.3. The molecular formula is C10H12BrN3O5S. The zero-order valence-corrected chi connectivity index (χ0v) is 12.7. The molecule has 1 N–H and O–H groups in total. The summed E-state index contributed by atoms with van der Waals surface area (Å²) in [6.07, 6.45) is 0. The summed E-state index contributed by atoms with van der Waals surface area (Å²) in [7, 11) is -3.82. The number of benzene rings is 1. The summed E-state index contributed by atoms with van der Waals surface area (Å²) in [5.74, 6) is 0. The first-order chi connectivity index (χ1) is 9.40. The van der Waals surface area contributed by atoms with Crippen molar-refractivity contribution >= 4 is 37.5 Å². The number of hydrogen-bond donors (Lipinski definition) is 1. The second-order valence-corrected chi connectivity index (χ2v) is 6.62. The van der Waals surface area contributed by atoms with Gasteiger partial charge in [-0.2, -0.15) is 12.7 Å². The van der Waals surface area contributed by atoms with Crippen molar-refractivity contribution in [1.82, 2.24) is 4.31 Å². The van der Waals surface area contributed by atoms with Gasteiger partial charge in [-0.1, -0.05) is 15.9 Å². The van der Waals surface area contributed by atoms with E-state index < -0.39 is 15.1 Å². The fraction of sp³-hybridized carbons (Fsp3) is 0.400. The van der Waals surface area contributed by atoms with Crippen LogP contribution in [0.3, 0.4) is 0 Å². The van der Waals surface area contributed by atoms with Crippen LogP contribution in [0.1, 0.15) is 0 Å². The van der Waals surface area contributed by atoms with E-state index in [1.165, 1.54) is 22.5 Å². The number of nitro benzene ring substituents is 1. The van der Waals surface area contributed by atoms with E-state index in [9.17, 15) is 18.5 Å². The summed E-state index contributed by atoms with van der Waals surface area (Å²) in [6.45, 7) is 1.06. The summed E-state index contributed by atoms with van der Waals surface area (Å²) in [4.78, 5) is 10.3. The second kappa shape index (κ2) is 6.04. The quantitative estimate of drug-likeness (QED) is 0.640. The smallest absolute Gasteiger partial charge is 0.302 e. The third kappa shape index (κ3) is 3.45. The van der Waals surface area contributed by atoms with Gasteiger partial charge in [-0.25, -0.2) is 0 Å². The van der Waals surface area contributed by atoms with E-state index in [4.69, 9.17) is 4.74 Å². The maximum Gasteiger partial charge on any atom is 0.302 e. The Hall–Kier alpha value is -1.23. The number of rotatable bonds is 4. The van der Waals surface area contributed by atoms with E-state index in [0.29, 0.717) is 17.7 Å². The number of nitrogens with one attached hydrogen (secondary N) is 1. The fourth-order valence-electron chi connectivity index (χ4n) is 1.73. The Kier molecular flexibility index (Phi) is 4.58. The van der Waals surface area contributed by atoms with Crippen molar-refractivity contribution in [2.75, 3.05) is 31.0 Å². The average Bonchev–Trinajstić information content (AvgIpc) is 2.41. The molecule has 1 aromatic carbocycles. The summed E-state index contributed by atoms with van der Waals surface area (Å²) >= 11 is 3.11. The Balaban J connectivity index is 2.27. The van der Waals surface area contributed by atoms with Crippen molar-refractivity contribution in [2.45, 2.75) is 0 Å². The van der Waals surface area contributed by atoms with Crippen LogP contribution in [0.15, 0.2) is 22.7 Å². The van der Waals surface area contributed by atoms with Gasteiger partial charge in [0, 0.05) is 23.6 Å². The molecule has 0 aromatic heterocycles. The molecule has 10 heteroatoms. The minimum atomic E-state index is -3.82. The van der Waals surface area contributed by atoms with E-state index in [2.05, 4.69) is 20.7 Å². The molecule has 1 fully saturated rings. The van der Waals surface area contributed by atoms with Crippen LogP contribution in [0, 0.1) is 10.1 Å². The number of hydrogen-bond acceptors (Lipinski definition) is 5. The second-order valence-electron chi connectivity index (χ2n) is 4.04. The maximum atomic E-state index is 12.1. The predicted octanol–water partition coefficient (Wildman–Crippen LogP) is 1.35. The predicted molar refractivity (Wildman–Crippen MR) is 75.7 cm³/mol. The topological polar surface area (TPSA) is 102 Å². The van der Waals surface area contributed by atoms with Crippen molar-refractivity contribution in [2.24, 2.45) is 0 Å². The molecule has 0 aliphatic carbocycles. The SMILES string of the molecule is O=[N+]([O-])c1cc(Br)ccc1NS(=O)(=O)N1CCOCC1. The monoisotopic (exact) mass is 365 g/mol. The lowest BCUT2D eigenvalue weighted by Gasteiger charge is -2.26. The number of nitrogens with zero attached hydrogens (tertiary/aromatic N) is 2. The van der Waals surface area contributed by atoms with Crippen molar-refractivity contribution in [3.8, 4) is 0 Å². The molecule has 0 atom stereocenters. The zero-order valence-electron chi connectivity index (χ0n) is 10.3.